The van der Waals surface area contributed by atoms with Crippen molar-refractivity contribution in [2.24, 2.45) is 0 Å². The molecule has 0 unspecified atom stereocenters. The lowest BCUT2D eigenvalue weighted by Gasteiger charge is -2.11. The van der Waals surface area contributed by atoms with E-state index in [9.17, 15) is 9.59 Å². The van der Waals surface area contributed by atoms with Crippen LogP contribution in [-0.2, 0) is 27.2 Å². The van der Waals surface area contributed by atoms with E-state index in [-0.39, 0.29) is 24.6 Å². The second-order valence-electron chi connectivity index (χ2n) is 9.92. The van der Waals surface area contributed by atoms with Gasteiger partial charge >= 0.3 is 5.97 Å². The van der Waals surface area contributed by atoms with Crippen molar-refractivity contribution < 1.29 is 23.8 Å². The van der Waals surface area contributed by atoms with Gasteiger partial charge in [-0.05, 0) is 41.8 Å². The molecule has 0 bridgehead atoms. The number of esters is 1. The predicted octanol–water partition coefficient (Wildman–Crippen LogP) is 5.66. The molecule has 5 aromatic rings. The summed E-state index contributed by atoms with van der Waals surface area (Å²) in [6, 6.07) is 17.8. The number of fused-ring (bicyclic) bond motifs is 2. The van der Waals surface area contributed by atoms with E-state index in [1.807, 2.05) is 71.4 Å². The van der Waals surface area contributed by atoms with Gasteiger partial charge < -0.3 is 34.4 Å². The van der Waals surface area contributed by atoms with Gasteiger partial charge in [-0.2, -0.15) is 0 Å². The van der Waals surface area contributed by atoms with Crippen LogP contribution in [0.1, 0.15) is 28.0 Å². The van der Waals surface area contributed by atoms with Crippen LogP contribution in [0.5, 0.6) is 5.75 Å². The number of carbonyl (C=O) groups is 2. The Hall–Kier alpha value is -5.09. The van der Waals surface area contributed by atoms with Crippen LogP contribution >= 0.6 is 0 Å². The third-order valence-electron chi connectivity index (χ3n) is 7.20. The van der Waals surface area contributed by atoms with Crippen LogP contribution in [0.4, 0.5) is 11.4 Å². The molecule has 0 radical (unpaired) electrons. The number of rotatable bonds is 13. The van der Waals surface area contributed by atoms with Crippen molar-refractivity contribution in [3.05, 3.63) is 89.9 Å². The van der Waals surface area contributed by atoms with Gasteiger partial charge in [0.05, 0.1) is 44.8 Å². The molecule has 43 heavy (non-hydrogen) atoms. The average Bonchev–Trinajstić information content (AvgIpc) is 3.59. The van der Waals surface area contributed by atoms with Gasteiger partial charge in [0.15, 0.2) is 5.69 Å². The van der Waals surface area contributed by atoms with E-state index in [2.05, 4.69) is 21.7 Å². The molecule has 0 aliphatic heterocycles. The number of para-hydroxylation sites is 1. The molecule has 0 saturated carbocycles. The molecule has 1 amide bonds. The average molecular weight is 582 g/mol. The van der Waals surface area contributed by atoms with E-state index in [1.165, 1.54) is 14.2 Å². The summed E-state index contributed by atoms with van der Waals surface area (Å²) in [5.41, 5.74) is 5.13. The highest BCUT2D eigenvalue weighted by molar-refractivity contribution is 6.11. The number of nitrogens with one attached hydrogen (secondary N) is 3. The van der Waals surface area contributed by atoms with Crippen LogP contribution in [0.15, 0.2) is 73.1 Å². The largest absolute Gasteiger partial charge is 0.497 e. The SMILES string of the molecule is COCCC(=O)Nc1c(C(=O)OC)n(CCc2c[nH]c3ccccc23)c2ncc(NCC=Cc3ccc(OC)cc3)cc12. The van der Waals surface area contributed by atoms with Crippen molar-refractivity contribution in [2.75, 3.05) is 45.1 Å². The summed E-state index contributed by atoms with van der Waals surface area (Å²) in [6.45, 7) is 1.24. The fraction of sp³-hybridized carbons (Fsp3) is 0.242. The van der Waals surface area contributed by atoms with Crippen molar-refractivity contribution in [1.29, 1.82) is 0 Å². The molecule has 0 fully saturated rings. The molecule has 0 atom stereocenters. The lowest BCUT2D eigenvalue weighted by atomic mass is 10.1. The minimum absolute atomic E-state index is 0.140. The number of methoxy groups -OCH3 is 3. The van der Waals surface area contributed by atoms with Crippen LogP contribution < -0.4 is 15.4 Å². The maximum absolute atomic E-state index is 13.2. The third kappa shape index (κ3) is 6.70. The highest BCUT2D eigenvalue weighted by Crippen LogP contribution is 2.33. The third-order valence-corrected chi connectivity index (χ3v) is 7.20. The zero-order valence-corrected chi connectivity index (χ0v) is 24.5. The molecule has 0 spiro atoms. The number of aromatic nitrogens is 3. The molecule has 3 N–H and O–H groups in total. The summed E-state index contributed by atoms with van der Waals surface area (Å²) < 4.78 is 17.3. The smallest absolute Gasteiger partial charge is 0.356 e. The van der Waals surface area contributed by atoms with E-state index in [1.54, 1.807) is 13.3 Å². The van der Waals surface area contributed by atoms with E-state index >= 15 is 0 Å². The molecule has 10 heteroatoms. The Kier molecular flexibility index (Phi) is 9.38. The molecule has 2 aromatic carbocycles. The molecule has 3 heterocycles. The summed E-state index contributed by atoms with van der Waals surface area (Å²) in [7, 11) is 4.51. The first kappa shape index (κ1) is 29.4. The van der Waals surface area contributed by atoms with Crippen molar-refractivity contribution in [1.82, 2.24) is 14.5 Å². The molecule has 0 aliphatic carbocycles. The molecule has 10 nitrogen and oxygen atoms in total. The van der Waals surface area contributed by atoms with Crippen molar-refractivity contribution >= 4 is 51.3 Å². The highest BCUT2D eigenvalue weighted by atomic mass is 16.5. The number of pyridine rings is 1. The van der Waals surface area contributed by atoms with Gasteiger partial charge in [-0.25, -0.2) is 9.78 Å². The number of ether oxygens (including phenoxy) is 3. The number of aryl methyl sites for hydroxylation is 2. The zero-order chi connectivity index (χ0) is 30.2. The van der Waals surface area contributed by atoms with Crippen LogP contribution in [-0.4, -0.2) is 60.9 Å². The van der Waals surface area contributed by atoms with Crippen LogP contribution in [0, 0.1) is 0 Å². The van der Waals surface area contributed by atoms with Crippen LogP contribution in [0.25, 0.3) is 28.0 Å². The Labute approximate surface area is 249 Å². The van der Waals surface area contributed by atoms with E-state index in [0.717, 1.165) is 33.5 Å². The van der Waals surface area contributed by atoms with Gasteiger partial charge in [-0.15, -0.1) is 0 Å². The topological polar surface area (TPSA) is 120 Å². The Balaban J connectivity index is 1.46. The van der Waals surface area contributed by atoms with Gasteiger partial charge in [0.2, 0.25) is 5.91 Å². The standard InChI is InChI=1S/C33H35N5O5/c1-41-18-15-29(39)37-30-27-19-24(34-16-6-7-22-10-12-25(42-2)13-11-22)21-36-32(27)38(31(30)33(40)43-3)17-14-23-20-35-28-9-5-4-8-26(23)28/h4-13,19-21,34-35H,14-18H2,1-3H3,(H,37,39). The van der Waals surface area contributed by atoms with Gasteiger partial charge in [0.25, 0.3) is 0 Å². The lowest BCUT2D eigenvalue weighted by Crippen LogP contribution is -2.18. The quantitative estimate of drug-likeness (QED) is 0.154. The first-order chi connectivity index (χ1) is 21.0. The number of aromatic amines is 1. The Morgan fingerprint density at radius 1 is 1.05 bits per heavy atom. The summed E-state index contributed by atoms with van der Waals surface area (Å²) >= 11 is 0. The Morgan fingerprint density at radius 2 is 1.86 bits per heavy atom. The summed E-state index contributed by atoms with van der Waals surface area (Å²) in [5.74, 6) is -0.0288. The maximum atomic E-state index is 13.2. The maximum Gasteiger partial charge on any atom is 0.356 e. The second kappa shape index (κ2) is 13.7. The number of amides is 1. The van der Waals surface area contributed by atoms with Gasteiger partial charge in [0.1, 0.15) is 11.4 Å². The molecule has 3 aromatic heterocycles. The molecule has 0 saturated heterocycles. The van der Waals surface area contributed by atoms with E-state index < -0.39 is 5.97 Å². The van der Waals surface area contributed by atoms with Gasteiger partial charge in [-0.3, -0.25) is 4.79 Å². The minimum Gasteiger partial charge on any atom is -0.497 e. The monoisotopic (exact) mass is 581 g/mol. The first-order valence-electron chi connectivity index (χ1n) is 14.0. The number of carbonyl (C=O) groups excluding carboxylic acids is 2. The predicted molar refractivity (Wildman–Crippen MR) is 169 cm³/mol. The first-order valence-corrected chi connectivity index (χ1v) is 14.0. The van der Waals surface area contributed by atoms with Crippen molar-refractivity contribution in [2.45, 2.75) is 19.4 Å². The summed E-state index contributed by atoms with van der Waals surface area (Å²) in [6.07, 6.45) is 8.50. The molecular formula is C33H35N5O5. The molecule has 0 aliphatic rings. The zero-order valence-electron chi connectivity index (χ0n) is 24.5. The Bertz CT molecular complexity index is 1750. The molecule has 222 valence electrons. The fourth-order valence-electron chi connectivity index (χ4n) is 5.03. The van der Waals surface area contributed by atoms with Crippen molar-refractivity contribution in [3.63, 3.8) is 0 Å². The van der Waals surface area contributed by atoms with E-state index in [4.69, 9.17) is 19.2 Å². The fourth-order valence-corrected chi connectivity index (χ4v) is 5.03. The lowest BCUT2D eigenvalue weighted by molar-refractivity contribution is -0.117. The number of nitrogens with zero attached hydrogens (tertiary/aromatic N) is 2. The number of anilines is 2. The minimum atomic E-state index is -0.559. The molecular weight excluding hydrogens is 546 g/mol. The van der Waals surface area contributed by atoms with Gasteiger partial charge in [0, 0.05) is 42.7 Å². The number of H-pyrrole nitrogens is 1. The summed E-state index contributed by atoms with van der Waals surface area (Å²) in [4.78, 5) is 34.1. The number of hydrogen-bond acceptors (Lipinski definition) is 7. The number of benzene rings is 2. The number of hydrogen-bond donors (Lipinski definition) is 3. The van der Waals surface area contributed by atoms with Crippen molar-refractivity contribution in [3.8, 4) is 5.75 Å². The molecule has 5 rings (SSSR count). The second-order valence-corrected chi connectivity index (χ2v) is 9.92. The van der Waals surface area contributed by atoms with Crippen LogP contribution in [0.3, 0.4) is 0 Å². The highest BCUT2D eigenvalue weighted by Gasteiger charge is 2.26. The van der Waals surface area contributed by atoms with Crippen LogP contribution in [0.2, 0.25) is 0 Å². The summed E-state index contributed by atoms with van der Waals surface area (Å²) in [5, 5.41) is 8.04. The Morgan fingerprint density at radius 3 is 2.63 bits per heavy atom. The van der Waals surface area contributed by atoms with E-state index in [0.29, 0.717) is 36.2 Å². The normalized spacial score (nSPS) is 11.3. The van der Waals surface area contributed by atoms with Gasteiger partial charge in [-0.1, -0.05) is 42.5 Å².